The van der Waals surface area contributed by atoms with Gasteiger partial charge in [0.15, 0.2) is 0 Å². The van der Waals surface area contributed by atoms with Gasteiger partial charge in [-0.1, -0.05) is 0 Å². The number of hydrogen-bond donors (Lipinski definition) is 0. The molecule has 1 aliphatic heterocycles. The molecule has 4 heterocycles. The van der Waals surface area contributed by atoms with E-state index in [-0.39, 0.29) is 5.56 Å². The zero-order valence-corrected chi connectivity index (χ0v) is 13.0. The number of rotatable bonds is 3. The van der Waals surface area contributed by atoms with Gasteiger partial charge in [0, 0.05) is 42.5 Å². The summed E-state index contributed by atoms with van der Waals surface area (Å²) < 4.78 is 3.31. The van der Waals surface area contributed by atoms with Crippen LogP contribution in [0.3, 0.4) is 0 Å². The lowest BCUT2D eigenvalue weighted by Gasteiger charge is -2.41. The fourth-order valence-corrected chi connectivity index (χ4v) is 3.01. The maximum Gasteiger partial charge on any atom is 0.266 e. The average molecular weight is 311 g/mol. The molecule has 0 N–H and O–H groups in total. The first-order valence-corrected chi connectivity index (χ1v) is 7.57. The van der Waals surface area contributed by atoms with Crippen LogP contribution in [0.25, 0.3) is 5.78 Å². The Morgan fingerprint density at radius 2 is 2.09 bits per heavy atom. The molecule has 0 radical (unpaired) electrons. The maximum atomic E-state index is 11.7. The fourth-order valence-electron chi connectivity index (χ4n) is 3.01. The van der Waals surface area contributed by atoms with Crippen LogP contribution in [0.4, 0.5) is 5.82 Å². The SMILES string of the molecule is Cc1nc2ncnn2c(N2CC(Cn3ncccc3=O)C2)c1C. The number of nitrogens with zero attached hydrogens (tertiary/aromatic N) is 7. The Balaban J connectivity index is 1.57. The van der Waals surface area contributed by atoms with Gasteiger partial charge in [-0.3, -0.25) is 4.79 Å². The molecular weight excluding hydrogens is 294 g/mol. The van der Waals surface area contributed by atoms with E-state index >= 15 is 0 Å². The largest absolute Gasteiger partial charge is 0.355 e. The highest BCUT2D eigenvalue weighted by atomic mass is 16.1. The van der Waals surface area contributed by atoms with Crippen LogP contribution in [0.15, 0.2) is 29.5 Å². The molecule has 3 aromatic rings. The summed E-state index contributed by atoms with van der Waals surface area (Å²) in [5, 5.41) is 8.40. The third-order valence-corrected chi connectivity index (χ3v) is 4.35. The molecule has 0 amide bonds. The van der Waals surface area contributed by atoms with Crippen LogP contribution >= 0.6 is 0 Å². The molecule has 1 fully saturated rings. The van der Waals surface area contributed by atoms with Crippen molar-refractivity contribution in [3.8, 4) is 0 Å². The topological polar surface area (TPSA) is 81.2 Å². The van der Waals surface area contributed by atoms with Gasteiger partial charge in [0.2, 0.25) is 0 Å². The monoisotopic (exact) mass is 311 g/mol. The molecule has 0 bridgehead atoms. The van der Waals surface area contributed by atoms with Crippen LogP contribution in [-0.2, 0) is 6.54 Å². The summed E-state index contributed by atoms with van der Waals surface area (Å²) in [4.78, 5) is 22.6. The maximum absolute atomic E-state index is 11.7. The van der Waals surface area contributed by atoms with E-state index in [4.69, 9.17) is 0 Å². The zero-order valence-electron chi connectivity index (χ0n) is 13.0. The van der Waals surface area contributed by atoms with Crippen molar-refractivity contribution in [2.24, 2.45) is 5.92 Å². The highest BCUT2D eigenvalue weighted by Crippen LogP contribution is 2.29. The van der Waals surface area contributed by atoms with E-state index < -0.39 is 0 Å². The van der Waals surface area contributed by atoms with Crippen LogP contribution in [0.1, 0.15) is 11.3 Å². The molecule has 8 nitrogen and oxygen atoms in total. The van der Waals surface area contributed by atoms with E-state index in [1.165, 1.54) is 11.0 Å². The summed E-state index contributed by atoms with van der Waals surface area (Å²) in [5.74, 6) is 2.05. The van der Waals surface area contributed by atoms with E-state index in [9.17, 15) is 4.79 Å². The highest BCUT2D eigenvalue weighted by Gasteiger charge is 2.31. The number of anilines is 1. The lowest BCUT2D eigenvalue weighted by atomic mass is 9.99. The van der Waals surface area contributed by atoms with Crippen molar-refractivity contribution in [3.05, 3.63) is 46.3 Å². The van der Waals surface area contributed by atoms with E-state index in [0.29, 0.717) is 18.2 Å². The summed E-state index contributed by atoms with van der Waals surface area (Å²) in [6, 6.07) is 3.20. The number of aromatic nitrogens is 6. The van der Waals surface area contributed by atoms with Gasteiger partial charge in [0.1, 0.15) is 12.1 Å². The van der Waals surface area contributed by atoms with Crippen LogP contribution in [0, 0.1) is 19.8 Å². The molecule has 0 unspecified atom stereocenters. The Bertz CT molecular complexity index is 923. The second-order valence-electron chi connectivity index (χ2n) is 5.93. The second-order valence-corrected chi connectivity index (χ2v) is 5.93. The molecule has 4 rings (SSSR count). The Morgan fingerprint density at radius 1 is 1.26 bits per heavy atom. The summed E-state index contributed by atoms with van der Waals surface area (Å²) in [6.45, 7) is 6.40. The molecule has 118 valence electrons. The highest BCUT2D eigenvalue weighted by molar-refractivity contribution is 5.55. The van der Waals surface area contributed by atoms with Gasteiger partial charge in [0.05, 0.1) is 6.54 Å². The number of aryl methyl sites for hydroxylation is 1. The van der Waals surface area contributed by atoms with Crippen molar-refractivity contribution in [1.29, 1.82) is 0 Å². The molecule has 0 aromatic carbocycles. The van der Waals surface area contributed by atoms with Crippen LogP contribution in [0.2, 0.25) is 0 Å². The quantitative estimate of drug-likeness (QED) is 0.698. The predicted octanol–water partition coefficient (Wildman–Crippen LogP) is 0.434. The minimum Gasteiger partial charge on any atom is -0.355 e. The number of fused-ring (bicyclic) bond motifs is 1. The van der Waals surface area contributed by atoms with Crippen LogP contribution in [-0.4, -0.2) is 42.5 Å². The third kappa shape index (κ3) is 2.26. The van der Waals surface area contributed by atoms with Crippen molar-refractivity contribution in [1.82, 2.24) is 29.4 Å². The molecule has 1 saturated heterocycles. The Labute approximate surface area is 132 Å². The Morgan fingerprint density at radius 3 is 2.87 bits per heavy atom. The smallest absolute Gasteiger partial charge is 0.266 e. The summed E-state index contributed by atoms with van der Waals surface area (Å²) in [7, 11) is 0. The van der Waals surface area contributed by atoms with Gasteiger partial charge in [-0.25, -0.2) is 9.67 Å². The van der Waals surface area contributed by atoms with Crippen molar-refractivity contribution < 1.29 is 0 Å². The van der Waals surface area contributed by atoms with Gasteiger partial charge < -0.3 is 4.90 Å². The van der Waals surface area contributed by atoms with Crippen molar-refractivity contribution in [3.63, 3.8) is 0 Å². The summed E-state index contributed by atoms with van der Waals surface area (Å²) in [6.07, 6.45) is 3.17. The summed E-state index contributed by atoms with van der Waals surface area (Å²) in [5.41, 5.74) is 2.02. The van der Waals surface area contributed by atoms with Gasteiger partial charge in [-0.2, -0.15) is 19.7 Å². The van der Waals surface area contributed by atoms with Crippen LogP contribution in [0.5, 0.6) is 0 Å². The van der Waals surface area contributed by atoms with Crippen LogP contribution < -0.4 is 10.5 Å². The minimum atomic E-state index is -0.0550. The molecule has 0 saturated carbocycles. The van der Waals surface area contributed by atoms with E-state index in [0.717, 1.165) is 30.2 Å². The molecule has 0 aliphatic carbocycles. The van der Waals surface area contributed by atoms with Gasteiger partial charge in [0.25, 0.3) is 11.3 Å². The van der Waals surface area contributed by atoms with Gasteiger partial charge in [-0.15, -0.1) is 0 Å². The van der Waals surface area contributed by atoms with E-state index in [1.54, 1.807) is 22.8 Å². The van der Waals surface area contributed by atoms with Gasteiger partial charge in [-0.05, 0) is 19.9 Å². The third-order valence-electron chi connectivity index (χ3n) is 4.35. The second kappa shape index (κ2) is 5.15. The normalized spacial score (nSPS) is 15.1. The first kappa shape index (κ1) is 13.9. The molecule has 23 heavy (non-hydrogen) atoms. The zero-order chi connectivity index (χ0) is 16.0. The fraction of sp³-hybridized carbons (Fsp3) is 0.400. The van der Waals surface area contributed by atoms with E-state index in [2.05, 4.69) is 32.0 Å². The number of hydrogen-bond acceptors (Lipinski definition) is 6. The summed E-state index contributed by atoms with van der Waals surface area (Å²) >= 11 is 0. The molecule has 8 heteroatoms. The first-order valence-electron chi connectivity index (χ1n) is 7.57. The lowest BCUT2D eigenvalue weighted by Crippen LogP contribution is -2.50. The Kier molecular flexibility index (Phi) is 3.10. The van der Waals surface area contributed by atoms with Crippen molar-refractivity contribution >= 4 is 11.6 Å². The molecule has 1 aliphatic rings. The average Bonchev–Trinajstić information content (AvgIpc) is 2.94. The lowest BCUT2D eigenvalue weighted by molar-refractivity contribution is 0.331. The Hall–Kier alpha value is -2.77. The first-order chi connectivity index (χ1) is 11.1. The molecule has 0 spiro atoms. The van der Waals surface area contributed by atoms with Gasteiger partial charge >= 0.3 is 0 Å². The standard InChI is InChI=1S/C15H17N7O/c1-10-11(2)19-15-16-9-18-22(15)14(10)20-6-12(7-20)8-21-13(23)4-3-5-17-21/h3-5,9,12H,6-8H2,1-2H3. The minimum absolute atomic E-state index is 0.0550. The predicted molar refractivity (Wildman–Crippen MR) is 84.5 cm³/mol. The molecule has 0 atom stereocenters. The van der Waals surface area contributed by atoms with E-state index in [1.807, 2.05) is 6.92 Å². The van der Waals surface area contributed by atoms with Crippen molar-refractivity contribution in [2.75, 3.05) is 18.0 Å². The van der Waals surface area contributed by atoms with Crippen molar-refractivity contribution in [2.45, 2.75) is 20.4 Å². The molecule has 3 aromatic heterocycles. The molecular formula is C15H17N7O.